The Balaban J connectivity index is 2.52. The third-order valence-electron chi connectivity index (χ3n) is 3.48. The van der Waals surface area contributed by atoms with Gasteiger partial charge in [0.15, 0.2) is 0 Å². The van der Waals surface area contributed by atoms with Crippen molar-refractivity contribution in [1.29, 1.82) is 0 Å². The molecule has 3 N–H and O–H groups in total. The van der Waals surface area contributed by atoms with Crippen LogP contribution in [0.5, 0.6) is 0 Å². The molecule has 4 nitrogen and oxygen atoms in total. The fourth-order valence-electron chi connectivity index (χ4n) is 2.36. The molecule has 6 heteroatoms. The maximum atomic E-state index is 5.73. The minimum Gasteiger partial charge on any atom is -0.409 e. The zero-order chi connectivity index (χ0) is 18.9. The van der Waals surface area contributed by atoms with Crippen molar-refractivity contribution in [3.63, 3.8) is 0 Å². The van der Waals surface area contributed by atoms with Gasteiger partial charge in [-0.2, -0.15) is 0 Å². The number of allylic oxidation sites excluding steroid dienone is 1. The third kappa shape index (κ3) is 10.5. The molecule has 1 rings (SSSR count). The van der Waals surface area contributed by atoms with Gasteiger partial charge in [-0.1, -0.05) is 69.6 Å². The highest BCUT2D eigenvalue weighted by atomic mass is 28.3. The van der Waals surface area contributed by atoms with Gasteiger partial charge in [-0.3, -0.25) is 0 Å². The monoisotopic (exact) mass is 379 g/mol. The zero-order valence-corrected chi connectivity index (χ0v) is 19.1. The van der Waals surface area contributed by atoms with Crippen molar-refractivity contribution in [2.75, 3.05) is 26.3 Å². The standard InChI is InChI=1S/C19H37N3OSi2/c1-17(20-13-15-23-16-14-21-24(2,3)4)19(22-25(5,6)7)18-11-9-8-10-12-18/h8-12,20-22H,13-16H2,1-7H3/b19-17-. The number of hydrogen-bond donors (Lipinski definition) is 3. The lowest BCUT2D eigenvalue weighted by molar-refractivity contribution is 0.142. The lowest BCUT2D eigenvalue weighted by atomic mass is 10.1. The van der Waals surface area contributed by atoms with Gasteiger partial charge >= 0.3 is 0 Å². The van der Waals surface area contributed by atoms with Crippen molar-refractivity contribution in [3.05, 3.63) is 41.6 Å². The summed E-state index contributed by atoms with van der Waals surface area (Å²) in [4.78, 5) is 7.33. The summed E-state index contributed by atoms with van der Waals surface area (Å²) in [6, 6.07) is 10.5. The summed E-state index contributed by atoms with van der Waals surface area (Å²) in [6.45, 7) is 19.3. The molecular weight excluding hydrogens is 342 g/mol. The molecule has 25 heavy (non-hydrogen) atoms. The molecule has 0 aliphatic heterocycles. The summed E-state index contributed by atoms with van der Waals surface area (Å²) in [7, 11) is -2.61. The second-order valence-corrected chi connectivity index (χ2v) is 18.1. The van der Waals surface area contributed by atoms with Crippen LogP contribution in [0, 0.1) is 0 Å². The van der Waals surface area contributed by atoms with E-state index in [-0.39, 0.29) is 0 Å². The van der Waals surface area contributed by atoms with Crippen molar-refractivity contribution >= 4 is 22.2 Å². The fourth-order valence-corrected chi connectivity index (χ4v) is 4.30. The zero-order valence-electron chi connectivity index (χ0n) is 17.1. The average Bonchev–Trinajstić information content (AvgIpc) is 2.50. The molecule has 0 aliphatic carbocycles. The predicted octanol–water partition coefficient (Wildman–Crippen LogP) is 3.83. The maximum Gasteiger partial charge on any atom is 0.144 e. The molecule has 0 saturated heterocycles. The Morgan fingerprint density at radius 1 is 0.880 bits per heavy atom. The van der Waals surface area contributed by atoms with Crippen molar-refractivity contribution in [3.8, 4) is 0 Å². The largest absolute Gasteiger partial charge is 0.409 e. The van der Waals surface area contributed by atoms with E-state index in [9.17, 15) is 0 Å². The lowest BCUT2D eigenvalue weighted by Gasteiger charge is -2.25. The molecule has 0 unspecified atom stereocenters. The quantitative estimate of drug-likeness (QED) is 0.404. The molecule has 0 aliphatic rings. The normalized spacial score (nSPS) is 13.4. The second-order valence-electron chi connectivity index (χ2n) is 8.46. The number of nitrogens with one attached hydrogen (secondary N) is 3. The average molecular weight is 380 g/mol. The Bertz CT molecular complexity index is 534. The van der Waals surface area contributed by atoms with E-state index >= 15 is 0 Å². The Kier molecular flexibility index (Phi) is 8.92. The highest BCUT2D eigenvalue weighted by molar-refractivity contribution is 6.74. The van der Waals surface area contributed by atoms with E-state index in [1.807, 2.05) is 0 Å². The first kappa shape index (κ1) is 22.0. The number of hydrogen-bond acceptors (Lipinski definition) is 4. The van der Waals surface area contributed by atoms with Crippen LogP contribution in [0.2, 0.25) is 39.3 Å². The van der Waals surface area contributed by atoms with Crippen molar-refractivity contribution < 1.29 is 4.74 Å². The smallest absolute Gasteiger partial charge is 0.144 e. The Hall–Kier alpha value is -1.09. The molecular formula is C19H37N3OSi2. The molecule has 0 amide bonds. The van der Waals surface area contributed by atoms with Gasteiger partial charge in [0.1, 0.15) is 16.5 Å². The molecule has 1 aromatic rings. The number of rotatable bonds is 11. The van der Waals surface area contributed by atoms with Crippen molar-refractivity contribution in [2.24, 2.45) is 0 Å². The van der Waals surface area contributed by atoms with Crippen LogP contribution in [0.25, 0.3) is 5.70 Å². The number of benzene rings is 1. The molecule has 0 radical (unpaired) electrons. The summed E-state index contributed by atoms with van der Waals surface area (Å²) in [5.74, 6) is 0. The van der Waals surface area contributed by atoms with E-state index in [0.717, 1.165) is 26.3 Å². The van der Waals surface area contributed by atoms with Gasteiger partial charge in [-0.15, -0.1) is 0 Å². The van der Waals surface area contributed by atoms with E-state index in [4.69, 9.17) is 4.74 Å². The van der Waals surface area contributed by atoms with E-state index in [0.29, 0.717) is 0 Å². The Morgan fingerprint density at radius 2 is 1.48 bits per heavy atom. The van der Waals surface area contributed by atoms with Crippen LogP contribution in [-0.4, -0.2) is 42.8 Å². The summed E-state index contributed by atoms with van der Waals surface area (Å²) in [5, 5.41) is 3.51. The van der Waals surface area contributed by atoms with Crippen molar-refractivity contribution in [2.45, 2.75) is 46.2 Å². The molecule has 1 aromatic carbocycles. The fraction of sp³-hybridized carbons (Fsp3) is 0.579. The topological polar surface area (TPSA) is 45.3 Å². The van der Waals surface area contributed by atoms with Crippen LogP contribution in [0.4, 0.5) is 0 Å². The third-order valence-corrected chi connectivity index (χ3v) is 5.79. The van der Waals surface area contributed by atoms with E-state index in [1.54, 1.807) is 0 Å². The second kappa shape index (κ2) is 10.2. The molecule has 0 atom stereocenters. The van der Waals surface area contributed by atoms with Gasteiger partial charge < -0.3 is 20.0 Å². The van der Waals surface area contributed by atoms with Gasteiger partial charge in [0.25, 0.3) is 0 Å². The first-order valence-electron chi connectivity index (χ1n) is 9.20. The summed E-state index contributed by atoms with van der Waals surface area (Å²) in [6.07, 6.45) is 0. The van der Waals surface area contributed by atoms with Crippen LogP contribution in [0.3, 0.4) is 0 Å². The first-order chi connectivity index (χ1) is 11.6. The summed E-state index contributed by atoms with van der Waals surface area (Å²) in [5.41, 5.74) is 3.62. The highest BCUT2D eigenvalue weighted by Gasteiger charge is 2.17. The molecule has 0 saturated carbocycles. The predicted molar refractivity (Wildman–Crippen MR) is 116 cm³/mol. The molecule has 0 spiro atoms. The van der Waals surface area contributed by atoms with Crippen molar-refractivity contribution in [1.82, 2.24) is 15.3 Å². The van der Waals surface area contributed by atoms with Gasteiger partial charge in [-0.25, -0.2) is 0 Å². The summed E-state index contributed by atoms with van der Waals surface area (Å²) >= 11 is 0. The molecule has 0 bridgehead atoms. The number of ether oxygens (including phenoxy) is 1. The Labute approximate surface area is 156 Å². The maximum absolute atomic E-state index is 5.73. The highest BCUT2D eigenvalue weighted by Crippen LogP contribution is 2.17. The molecule has 0 fully saturated rings. The van der Waals surface area contributed by atoms with Gasteiger partial charge in [0.05, 0.1) is 18.9 Å². The van der Waals surface area contributed by atoms with Crippen LogP contribution in [0.15, 0.2) is 36.0 Å². The molecule has 142 valence electrons. The Morgan fingerprint density at radius 3 is 2.04 bits per heavy atom. The van der Waals surface area contributed by atoms with Gasteiger partial charge in [0.2, 0.25) is 0 Å². The summed E-state index contributed by atoms with van der Waals surface area (Å²) < 4.78 is 5.73. The van der Waals surface area contributed by atoms with Crippen LogP contribution in [0.1, 0.15) is 12.5 Å². The van der Waals surface area contributed by atoms with Gasteiger partial charge in [-0.05, 0) is 12.5 Å². The van der Waals surface area contributed by atoms with Gasteiger partial charge in [0, 0.05) is 18.8 Å². The van der Waals surface area contributed by atoms with Crippen LogP contribution < -0.4 is 15.3 Å². The SMILES string of the molecule is C/C(NCCOCCN[Si](C)(C)C)=C(/N[Si](C)(C)C)c1ccccc1. The minimum atomic E-state index is -1.43. The van der Waals surface area contributed by atoms with Crippen LogP contribution >= 0.6 is 0 Å². The first-order valence-corrected chi connectivity index (χ1v) is 16.2. The molecule has 0 heterocycles. The van der Waals surface area contributed by atoms with E-state index in [1.165, 1.54) is 17.0 Å². The van der Waals surface area contributed by atoms with Crippen LogP contribution in [-0.2, 0) is 4.74 Å². The van der Waals surface area contributed by atoms with E-state index < -0.39 is 16.5 Å². The molecule has 0 aromatic heterocycles. The minimum absolute atomic E-state index is 0.722. The lowest BCUT2D eigenvalue weighted by Crippen LogP contribution is -2.43. The van der Waals surface area contributed by atoms with E-state index in [2.05, 4.69) is 91.8 Å².